The molecule has 0 bridgehead atoms. The number of carbonyl (C=O) groups is 1. The lowest BCUT2D eigenvalue weighted by molar-refractivity contribution is -0.379. The van der Waals surface area contributed by atoms with Crippen LogP contribution >= 0.6 is 0 Å². The summed E-state index contributed by atoms with van der Waals surface area (Å²) in [5, 5.41) is 121. The zero-order valence-corrected chi connectivity index (χ0v) is 62.2. The monoisotopic (exact) mass is 1410 g/mol. The zero-order valence-electron chi connectivity index (χ0n) is 62.2. The second-order valence-electron chi connectivity index (χ2n) is 29.2. The summed E-state index contributed by atoms with van der Waals surface area (Å²) in [6, 6.07) is -0.970. The second kappa shape index (κ2) is 61.2. The summed E-state index contributed by atoms with van der Waals surface area (Å²) >= 11 is 0. The van der Waals surface area contributed by atoms with Crippen LogP contribution in [0.3, 0.4) is 0 Å². The SMILES string of the molecule is CCCCCCC/C=C\C/C=C\CCCCCCCCCCCCCCCCCCCCCCCCCCCCCCCC(=O)NC(COC1OC(CO)C(OC2OC(CO)C(OC3OC(CO)C(O)C(O)C3O)C(O)C2O)C(O)C1O)C(O)/C=C/CCCCCCCCCCCCC. The van der Waals surface area contributed by atoms with E-state index in [1.807, 2.05) is 6.08 Å². The van der Waals surface area contributed by atoms with E-state index in [2.05, 4.69) is 43.5 Å². The highest BCUT2D eigenvalue weighted by Gasteiger charge is 2.54. The quantitative estimate of drug-likeness (QED) is 0.0199. The fourth-order valence-electron chi connectivity index (χ4n) is 13.9. The molecule has 1 amide bonds. The summed E-state index contributed by atoms with van der Waals surface area (Å²) in [5.41, 5.74) is 0. The first-order valence-electron chi connectivity index (χ1n) is 40.7. The van der Waals surface area contributed by atoms with Gasteiger partial charge in [0.1, 0.15) is 73.2 Å². The van der Waals surface area contributed by atoms with Gasteiger partial charge in [-0.2, -0.15) is 0 Å². The molecule has 582 valence electrons. The van der Waals surface area contributed by atoms with Crippen molar-refractivity contribution in [3.8, 4) is 0 Å². The van der Waals surface area contributed by atoms with Gasteiger partial charge in [-0.25, -0.2) is 0 Å². The number of ether oxygens (including phenoxy) is 6. The van der Waals surface area contributed by atoms with Crippen LogP contribution < -0.4 is 5.32 Å². The predicted molar refractivity (Wildman–Crippen MR) is 393 cm³/mol. The van der Waals surface area contributed by atoms with Crippen LogP contribution in [0.1, 0.15) is 335 Å². The second-order valence-corrected chi connectivity index (χ2v) is 29.2. The van der Waals surface area contributed by atoms with Gasteiger partial charge in [-0.05, 0) is 51.4 Å². The van der Waals surface area contributed by atoms with E-state index in [9.17, 15) is 61.0 Å². The standard InChI is InChI=1S/C80H149NO18/c1-3-5-7-9-11-13-15-17-18-19-20-21-22-23-24-25-26-27-28-29-30-31-32-33-34-35-36-37-38-39-40-41-42-43-44-46-48-50-52-54-56-58-68(86)81-63(64(85)57-55-53-51-49-47-45-16-14-12-10-8-6-4-2)62-94-78-74(92)71(89)76(66(60-83)96-78)99-80-75(93)72(90)77(67(61-84)97-80)98-79-73(91)70(88)69(87)65(59-82)95-79/h15,17,19-20,55,57,63-67,69-80,82-85,87-93H,3-14,16,18,21-54,56,58-62H2,1-2H3,(H,81,86)/b17-15-,20-19-,57-55+. The number of rotatable bonds is 65. The molecule has 0 spiro atoms. The van der Waals surface area contributed by atoms with Gasteiger partial charge in [-0.15, -0.1) is 0 Å². The third kappa shape index (κ3) is 41.5. The maximum atomic E-state index is 13.4. The molecule has 99 heavy (non-hydrogen) atoms. The van der Waals surface area contributed by atoms with E-state index < -0.39 is 124 Å². The summed E-state index contributed by atoms with van der Waals surface area (Å²) in [7, 11) is 0. The molecule has 0 aliphatic carbocycles. The molecule has 17 atom stereocenters. The molecule has 3 heterocycles. The highest BCUT2D eigenvalue weighted by atomic mass is 16.8. The maximum absolute atomic E-state index is 13.4. The average Bonchev–Trinajstić information content (AvgIpc) is 0.785. The van der Waals surface area contributed by atoms with Gasteiger partial charge in [0.25, 0.3) is 0 Å². The third-order valence-corrected chi connectivity index (χ3v) is 20.4. The molecule has 0 aromatic carbocycles. The summed E-state index contributed by atoms with van der Waals surface area (Å²) in [6.07, 6.45) is 48.9. The first kappa shape index (κ1) is 91.2. The van der Waals surface area contributed by atoms with Gasteiger partial charge >= 0.3 is 0 Å². The Bertz CT molecular complexity index is 1930. The first-order valence-corrected chi connectivity index (χ1v) is 40.7. The van der Waals surface area contributed by atoms with E-state index in [1.165, 1.54) is 257 Å². The number of allylic oxidation sites excluding steroid dienone is 5. The van der Waals surface area contributed by atoms with Crippen LogP contribution in [0.2, 0.25) is 0 Å². The smallest absolute Gasteiger partial charge is 0.220 e. The third-order valence-electron chi connectivity index (χ3n) is 20.4. The molecule has 17 unspecified atom stereocenters. The molecule has 3 rings (SSSR count). The van der Waals surface area contributed by atoms with Crippen molar-refractivity contribution in [2.24, 2.45) is 0 Å². The minimum atomic E-state index is -1.98. The van der Waals surface area contributed by atoms with Crippen LogP contribution in [-0.4, -0.2) is 193 Å². The van der Waals surface area contributed by atoms with Crippen LogP contribution in [0.15, 0.2) is 36.5 Å². The summed E-state index contributed by atoms with van der Waals surface area (Å²) in [5.74, 6) is -0.270. The predicted octanol–water partition coefficient (Wildman–Crippen LogP) is 13.5. The van der Waals surface area contributed by atoms with E-state index in [1.54, 1.807) is 6.08 Å². The molecule has 0 saturated carbocycles. The van der Waals surface area contributed by atoms with Crippen molar-refractivity contribution in [2.45, 2.75) is 439 Å². The lowest BCUT2D eigenvalue weighted by Crippen LogP contribution is -2.66. The number of hydrogen-bond donors (Lipinski definition) is 12. The average molecular weight is 1410 g/mol. The Morgan fingerprint density at radius 3 is 1.03 bits per heavy atom. The fourth-order valence-corrected chi connectivity index (χ4v) is 13.9. The van der Waals surface area contributed by atoms with Crippen molar-refractivity contribution in [3.63, 3.8) is 0 Å². The van der Waals surface area contributed by atoms with E-state index in [4.69, 9.17) is 28.4 Å². The van der Waals surface area contributed by atoms with Crippen LogP contribution in [0.4, 0.5) is 0 Å². The van der Waals surface area contributed by atoms with Gasteiger partial charge in [-0.3, -0.25) is 4.79 Å². The molecule has 0 radical (unpaired) electrons. The largest absolute Gasteiger partial charge is 0.394 e. The Morgan fingerprint density at radius 1 is 0.364 bits per heavy atom. The maximum Gasteiger partial charge on any atom is 0.220 e. The topological polar surface area (TPSA) is 307 Å². The van der Waals surface area contributed by atoms with Gasteiger partial charge in [0.2, 0.25) is 5.91 Å². The molecule has 3 aliphatic rings. The lowest BCUT2D eigenvalue weighted by Gasteiger charge is -2.48. The van der Waals surface area contributed by atoms with Crippen molar-refractivity contribution in [1.29, 1.82) is 0 Å². The van der Waals surface area contributed by atoms with Crippen LogP contribution in [-0.2, 0) is 33.2 Å². The molecule has 3 aliphatic heterocycles. The van der Waals surface area contributed by atoms with E-state index in [0.717, 1.165) is 51.4 Å². The van der Waals surface area contributed by atoms with E-state index in [0.29, 0.717) is 6.42 Å². The minimum absolute atomic E-state index is 0.248. The Labute approximate surface area is 600 Å². The molecule has 0 aromatic rings. The van der Waals surface area contributed by atoms with Crippen molar-refractivity contribution in [3.05, 3.63) is 36.5 Å². The van der Waals surface area contributed by atoms with Gasteiger partial charge in [0.05, 0.1) is 38.6 Å². The highest BCUT2D eigenvalue weighted by Crippen LogP contribution is 2.33. The normalized spacial score (nSPS) is 26.7. The van der Waals surface area contributed by atoms with Gasteiger partial charge < -0.3 is 89.9 Å². The number of hydrogen-bond acceptors (Lipinski definition) is 18. The van der Waals surface area contributed by atoms with E-state index >= 15 is 0 Å². The molecule has 0 aromatic heterocycles. The Kier molecular flexibility index (Phi) is 56.4. The number of nitrogens with one attached hydrogen (secondary N) is 1. The van der Waals surface area contributed by atoms with Crippen LogP contribution in [0, 0.1) is 0 Å². The Hall–Kier alpha value is -1.99. The number of unbranched alkanes of at least 4 members (excludes halogenated alkanes) is 45. The molecule has 12 N–H and O–H groups in total. The van der Waals surface area contributed by atoms with Crippen molar-refractivity contribution in [1.82, 2.24) is 5.32 Å². The molecule has 3 fully saturated rings. The Morgan fingerprint density at radius 2 is 0.667 bits per heavy atom. The van der Waals surface area contributed by atoms with Crippen molar-refractivity contribution >= 4 is 5.91 Å². The molecule has 19 nitrogen and oxygen atoms in total. The minimum Gasteiger partial charge on any atom is -0.394 e. The first-order chi connectivity index (χ1) is 48.3. The zero-order chi connectivity index (χ0) is 71.8. The van der Waals surface area contributed by atoms with Crippen molar-refractivity contribution < 1.29 is 89.4 Å². The van der Waals surface area contributed by atoms with E-state index in [-0.39, 0.29) is 18.9 Å². The molecular formula is C80H149NO18. The van der Waals surface area contributed by atoms with Gasteiger partial charge in [0.15, 0.2) is 18.9 Å². The van der Waals surface area contributed by atoms with Crippen LogP contribution in [0.25, 0.3) is 0 Å². The highest BCUT2D eigenvalue weighted by molar-refractivity contribution is 5.76. The number of aliphatic hydroxyl groups is 11. The molecular weight excluding hydrogens is 1260 g/mol. The van der Waals surface area contributed by atoms with Crippen molar-refractivity contribution in [2.75, 3.05) is 26.4 Å². The Balaban J connectivity index is 1.26. The number of amides is 1. The lowest BCUT2D eigenvalue weighted by atomic mass is 9.96. The summed E-state index contributed by atoms with van der Waals surface area (Å²) < 4.78 is 34.4. The number of aliphatic hydroxyl groups excluding tert-OH is 11. The fraction of sp³-hybridized carbons (Fsp3) is 0.912. The number of carbonyl (C=O) groups excluding carboxylic acids is 1. The van der Waals surface area contributed by atoms with Gasteiger partial charge in [-0.1, -0.05) is 314 Å². The summed E-state index contributed by atoms with van der Waals surface area (Å²) in [4.78, 5) is 13.4. The molecule has 19 heteroatoms. The summed E-state index contributed by atoms with van der Waals surface area (Å²) in [6.45, 7) is 1.74. The molecule has 3 saturated heterocycles. The van der Waals surface area contributed by atoms with Gasteiger partial charge in [0, 0.05) is 6.42 Å². The van der Waals surface area contributed by atoms with Crippen LogP contribution in [0.5, 0.6) is 0 Å².